The molecule has 1 saturated carbocycles. The summed E-state index contributed by atoms with van der Waals surface area (Å²) in [6.07, 6.45) is 2.54. The minimum Gasteiger partial charge on any atom is -0.478 e. The molecule has 1 fully saturated rings. The van der Waals surface area contributed by atoms with Gasteiger partial charge in [-0.05, 0) is 38.7 Å². The first-order chi connectivity index (χ1) is 9.49. The molecule has 110 valence electrons. The van der Waals surface area contributed by atoms with Crippen LogP contribution in [0.4, 0.5) is 5.00 Å². The minimum absolute atomic E-state index is 0.116. The zero-order valence-corrected chi connectivity index (χ0v) is 12.5. The highest BCUT2D eigenvalue weighted by molar-refractivity contribution is 7.16. The Kier molecular flexibility index (Phi) is 4.77. The Hall–Kier alpha value is -1.40. The first-order valence-electron chi connectivity index (χ1n) is 6.74. The third kappa shape index (κ3) is 3.58. The number of amides is 1. The Bertz CT molecular complexity index is 505. The number of hydrogen-bond donors (Lipinski definition) is 2. The topological polar surface area (TPSA) is 75.6 Å². The highest BCUT2D eigenvalue weighted by atomic mass is 32.1. The second-order valence-electron chi connectivity index (χ2n) is 5.07. The number of aryl methyl sites for hydroxylation is 1. The summed E-state index contributed by atoms with van der Waals surface area (Å²) in [5.41, 5.74) is 0.168. The summed E-state index contributed by atoms with van der Waals surface area (Å²) in [4.78, 5) is 23.9. The number of anilines is 1. The van der Waals surface area contributed by atoms with Crippen LogP contribution in [0, 0.1) is 12.8 Å². The molecule has 2 N–H and O–H groups in total. The molecule has 0 aliphatic heterocycles. The molecular weight excluding hydrogens is 278 g/mol. The van der Waals surface area contributed by atoms with Gasteiger partial charge in [-0.15, -0.1) is 11.3 Å². The van der Waals surface area contributed by atoms with Gasteiger partial charge in [0.15, 0.2) is 0 Å². The van der Waals surface area contributed by atoms with Gasteiger partial charge in [0, 0.05) is 17.9 Å². The fraction of sp³-hybridized carbons (Fsp3) is 0.571. The zero-order chi connectivity index (χ0) is 14.7. The Labute approximate surface area is 121 Å². The molecule has 20 heavy (non-hydrogen) atoms. The maximum absolute atomic E-state index is 11.9. The molecule has 1 aromatic heterocycles. The monoisotopic (exact) mass is 297 g/mol. The van der Waals surface area contributed by atoms with Crippen molar-refractivity contribution in [2.45, 2.75) is 39.2 Å². The van der Waals surface area contributed by atoms with E-state index in [2.05, 4.69) is 5.32 Å². The van der Waals surface area contributed by atoms with E-state index in [-0.39, 0.29) is 17.6 Å². The third-order valence-electron chi connectivity index (χ3n) is 3.41. The van der Waals surface area contributed by atoms with E-state index in [4.69, 9.17) is 9.84 Å². The number of thiophene rings is 1. The van der Waals surface area contributed by atoms with Crippen LogP contribution in [-0.2, 0) is 9.53 Å². The van der Waals surface area contributed by atoms with E-state index < -0.39 is 5.97 Å². The number of hydrogen-bond acceptors (Lipinski definition) is 4. The molecule has 0 spiro atoms. The van der Waals surface area contributed by atoms with Crippen molar-refractivity contribution in [3.8, 4) is 0 Å². The molecule has 0 unspecified atom stereocenters. The van der Waals surface area contributed by atoms with E-state index in [1.54, 1.807) is 6.07 Å². The Morgan fingerprint density at radius 1 is 1.50 bits per heavy atom. The van der Waals surface area contributed by atoms with E-state index in [1.165, 1.54) is 11.3 Å². The van der Waals surface area contributed by atoms with Gasteiger partial charge in [-0.1, -0.05) is 0 Å². The van der Waals surface area contributed by atoms with Crippen LogP contribution in [-0.4, -0.2) is 29.7 Å². The standard InChI is InChI=1S/C14H19NO4S/c1-3-19-10-5-9(6-10)7-12(16)15-13-11(14(17)18)4-8(2)20-13/h4,9-10H,3,5-7H2,1-2H3,(H,15,16)(H,17,18). The number of nitrogens with one attached hydrogen (secondary N) is 1. The van der Waals surface area contributed by atoms with Gasteiger partial charge < -0.3 is 15.2 Å². The Morgan fingerprint density at radius 2 is 2.20 bits per heavy atom. The lowest BCUT2D eigenvalue weighted by atomic mass is 9.80. The van der Waals surface area contributed by atoms with Crippen molar-refractivity contribution in [3.05, 3.63) is 16.5 Å². The summed E-state index contributed by atoms with van der Waals surface area (Å²) >= 11 is 1.29. The summed E-state index contributed by atoms with van der Waals surface area (Å²) in [6.45, 7) is 4.50. The lowest BCUT2D eigenvalue weighted by Crippen LogP contribution is -2.33. The average Bonchev–Trinajstić information content (AvgIpc) is 2.67. The van der Waals surface area contributed by atoms with Crippen molar-refractivity contribution in [1.29, 1.82) is 0 Å². The summed E-state index contributed by atoms with van der Waals surface area (Å²) in [7, 11) is 0. The van der Waals surface area contributed by atoms with E-state index in [9.17, 15) is 9.59 Å². The maximum atomic E-state index is 11.9. The van der Waals surface area contributed by atoms with Gasteiger partial charge in [-0.2, -0.15) is 0 Å². The van der Waals surface area contributed by atoms with Crippen molar-refractivity contribution >= 4 is 28.2 Å². The van der Waals surface area contributed by atoms with Crippen molar-refractivity contribution in [2.24, 2.45) is 5.92 Å². The van der Waals surface area contributed by atoms with Crippen LogP contribution in [0.5, 0.6) is 0 Å². The normalized spacial score (nSPS) is 21.3. The largest absolute Gasteiger partial charge is 0.478 e. The predicted octanol–water partition coefficient (Wildman–Crippen LogP) is 2.90. The summed E-state index contributed by atoms with van der Waals surface area (Å²) in [5.74, 6) is -0.778. The molecule has 0 radical (unpaired) electrons. The quantitative estimate of drug-likeness (QED) is 0.846. The highest BCUT2D eigenvalue weighted by Crippen LogP contribution is 2.34. The van der Waals surface area contributed by atoms with Crippen LogP contribution in [0.1, 0.15) is 41.4 Å². The SMILES string of the molecule is CCOC1CC(CC(=O)Nc2sc(C)cc2C(=O)O)C1. The van der Waals surface area contributed by atoms with Gasteiger partial charge in [-0.25, -0.2) is 4.79 Å². The van der Waals surface area contributed by atoms with Crippen LogP contribution in [0.2, 0.25) is 0 Å². The number of carboxylic acids is 1. The fourth-order valence-electron chi connectivity index (χ4n) is 2.42. The summed E-state index contributed by atoms with van der Waals surface area (Å²) in [6, 6.07) is 1.58. The molecule has 1 aliphatic carbocycles. The van der Waals surface area contributed by atoms with Gasteiger partial charge in [0.1, 0.15) is 5.00 Å². The molecule has 0 aromatic carbocycles. The lowest BCUT2D eigenvalue weighted by molar-refractivity contribution is -0.119. The van der Waals surface area contributed by atoms with Gasteiger partial charge in [-0.3, -0.25) is 4.79 Å². The van der Waals surface area contributed by atoms with E-state index in [0.29, 0.717) is 23.9 Å². The zero-order valence-electron chi connectivity index (χ0n) is 11.6. The van der Waals surface area contributed by atoms with Crippen LogP contribution in [0.25, 0.3) is 0 Å². The van der Waals surface area contributed by atoms with E-state index >= 15 is 0 Å². The molecule has 1 heterocycles. The van der Waals surface area contributed by atoms with Gasteiger partial charge in [0.2, 0.25) is 5.91 Å². The molecule has 6 heteroatoms. The Morgan fingerprint density at radius 3 is 2.80 bits per heavy atom. The first kappa shape index (κ1) is 15.0. The Balaban J connectivity index is 1.85. The molecule has 1 aliphatic rings. The van der Waals surface area contributed by atoms with Crippen LogP contribution < -0.4 is 5.32 Å². The van der Waals surface area contributed by atoms with Crippen LogP contribution in [0.3, 0.4) is 0 Å². The van der Waals surface area contributed by atoms with Crippen molar-refractivity contribution in [2.75, 3.05) is 11.9 Å². The number of carboxylic acid groups (broad SMARTS) is 1. The molecule has 5 nitrogen and oxygen atoms in total. The summed E-state index contributed by atoms with van der Waals surface area (Å²) in [5, 5.41) is 12.2. The smallest absolute Gasteiger partial charge is 0.338 e. The van der Waals surface area contributed by atoms with Gasteiger partial charge in [0.25, 0.3) is 0 Å². The van der Waals surface area contributed by atoms with E-state index in [0.717, 1.165) is 17.7 Å². The first-order valence-corrected chi connectivity index (χ1v) is 7.56. The van der Waals surface area contributed by atoms with E-state index in [1.807, 2.05) is 13.8 Å². The molecule has 1 aromatic rings. The second-order valence-corrected chi connectivity index (χ2v) is 6.33. The van der Waals surface area contributed by atoms with Crippen LogP contribution in [0.15, 0.2) is 6.07 Å². The number of ether oxygens (including phenoxy) is 1. The third-order valence-corrected chi connectivity index (χ3v) is 4.37. The van der Waals surface area contributed by atoms with Gasteiger partial charge >= 0.3 is 5.97 Å². The lowest BCUT2D eigenvalue weighted by Gasteiger charge is -2.34. The van der Waals surface area contributed by atoms with Crippen molar-refractivity contribution in [3.63, 3.8) is 0 Å². The molecule has 0 bridgehead atoms. The fourth-order valence-corrected chi connectivity index (χ4v) is 3.34. The van der Waals surface area contributed by atoms with Crippen molar-refractivity contribution < 1.29 is 19.4 Å². The highest BCUT2D eigenvalue weighted by Gasteiger charge is 2.31. The number of carbonyl (C=O) groups excluding carboxylic acids is 1. The predicted molar refractivity (Wildman–Crippen MR) is 77.4 cm³/mol. The molecule has 0 atom stereocenters. The maximum Gasteiger partial charge on any atom is 0.338 e. The number of aromatic carboxylic acids is 1. The minimum atomic E-state index is -1.01. The summed E-state index contributed by atoms with van der Waals surface area (Å²) < 4.78 is 5.45. The van der Waals surface area contributed by atoms with Crippen LogP contribution >= 0.6 is 11.3 Å². The molecule has 1 amide bonds. The average molecular weight is 297 g/mol. The molecule has 0 saturated heterocycles. The molecular formula is C14H19NO4S. The van der Waals surface area contributed by atoms with Gasteiger partial charge in [0.05, 0.1) is 11.7 Å². The van der Waals surface area contributed by atoms with Crippen molar-refractivity contribution in [1.82, 2.24) is 0 Å². The second kappa shape index (κ2) is 6.37. The number of rotatable bonds is 6. The molecule has 2 rings (SSSR count). The number of carbonyl (C=O) groups is 2.